The number of allylic oxidation sites excluding steroid dienone is 4. The summed E-state index contributed by atoms with van der Waals surface area (Å²) in [5.74, 6) is 0.243. The Kier molecular flexibility index (Phi) is 5.87. The van der Waals surface area contributed by atoms with E-state index < -0.39 is 0 Å². The van der Waals surface area contributed by atoms with E-state index in [2.05, 4.69) is 48.9 Å². The van der Waals surface area contributed by atoms with E-state index in [-0.39, 0.29) is 24.2 Å². The molecule has 1 aromatic heterocycles. The fourth-order valence-electron chi connectivity index (χ4n) is 6.07. The van der Waals surface area contributed by atoms with Crippen LogP contribution in [0.25, 0.3) is 10.9 Å². The molecule has 0 saturated carbocycles. The molecule has 1 unspecified atom stereocenters. The molecule has 0 amide bonds. The first-order chi connectivity index (χ1) is 16.4. The lowest BCUT2D eigenvalue weighted by molar-refractivity contribution is -0.115. The number of piperidine rings is 1. The lowest BCUT2D eigenvalue weighted by Gasteiger charge is -2.37. The maximum atomic E-state index is 12.7. The molecule has 1 aromatic carbocycles. The van der Waals surface area contributed by atoms with Gasteiger partial charge in [-0.25, -0.2) is 0 Å². The van der Waals surface area contributed by atoms with Gasteiger partial charge in [-0.05, 0) is 60.5 Å². The number of carbonyl (C=O) groups is 1. The molecule has 1 N–H and O–H groups in total. The van der Waals surface area contributed by atoms with E-state index in [1.54, 1.807) is 7.11 Å². The summed E-state index contributed by atoms with van der Waals surface area (Å²) in [4.78, 5) is 18.7. The molecule has 0 bridgehead atoms. The Morgan fingerprint density at radius 1 is 1.26 bits per heavy atom. The first-order valence-electron chi connectivity index (χ1n) is 12.3. The minimum absolute atomic E-state index is 0.126. The number of hydrogen-bond acceptors (Lipinski definition) is 5. The topological polar surface area (TPSA) is 78.3 Å². The number of nitrogens with one attached hydrogen (secondary N) is 1. The molecule has 1 fully saturated rings. The molecule has 1 aliphatic heterocycles. The second kappa shape index (κ2) is 8.72. The van der Waals surface area contributed by atoms with Crippen molar-refractivity contribution in [1.82, 2.24) is 4.98 Å². The number of hydrogen-bond donors (Lipinski definition) is 1. The average Bonchev–Trinajstić information content (AvgIpc) is 3.22. The van der Waals surface area contributed by atoms with Crippen molar-refractivity contribution in [2.75, 3.05) is 25.3 Å². The summed E-state index contributed by atoms with van der Waals surface area (Å²) >= 11 is 0. The number of aromatic nitrogens is 1. The molecule has 3 aliphatic rings. The summed E-state index contributed by atoms with van der Waals surface area (Å²) in [6, 6.07) is 6.45. The molecular weight excluding hydrogens is 426 g/mol. The fraction of sp³-hybridized carbons (Fsp3) is 0.500. The van der Waals surface area contributed by atoms with Crippen LogP contribution in [0.4, 0.5) is 5.69 Å². The molecule has 1 saturated heterocycles. The molecule has 6 nitrogen and oxygen atoms in total. The maximum absolute atomic E-state index is 12.7. The Balaban J connectivity index is 1.67. The predicted octanol–water partition coefficient (Wildman–Crippen LogP) is 5.42. The third-order valence-electron chi connectivity index (χ3n) is 7.85. The monoisotopic (exact) mass is 459 g/mol. The second-order valence-electron chi connectivity index (χ2n) is 10.1. The van der Waals surface area contributed by atoms with Gasteiger partial charge in [0, 0.05) is 36.6 Å². The number of carbonyl (C=O) groups excluding carboxylic acids is 1. The standard InChI is InChI=1S/C28H33N3O3/c1-5-17-12-19-13-21-20-10-9-18(15-29)26(31-11-7-6-8-24(31)34-16-33-4)25(20)30-27(21)28(2,3)22(19)14-23(17)32/h9-10,12,24,30H,5-8,11,13-14,16H2,1-4H3. The summed E-state index contributed by atoms with van der Waals surface area (Å²) in [6.45, 7) is 7.54. The Labute approximate surface area is 201 Å². The molecule has 1 atom stereocenters. The highest BCUT2D eigenvalue weighted by atomic mass is 16.7. The molecule has 6 heteroatoms. The number of H-pyrrole nitrogens is 1. The first-order valence-corrected chi connectivity index (χ1v) is 12.3. The number of ether oxygens (including phenoxy) is 2. The van der Waals surface area contributed by atoms with Crippen molar-refractivity contribution >= 4 is 22.4 Å². The van der Waals surface area contributed by atoms with Gasteiger partial charge in [0.2, 0.25) is 0 Å². The van der Waals surface area contributed by atoms with E-state index in [0.29, 0.717) is 12.0 Å². The Bertz CT molecular complexity index is 1260. The SMILES string of the molecule is CCC1=CC2=C(CC1=O)C(C)(C)c1[nH]c3c(N4CCCCC4OCOC)c(C#N)ccc3c1C2. The highest BCUT2D eigenvalue weighted by Crippen LogP contribution is 2.49. The summed E-state index contributed by atoms with van der Waals surface area (Å²) in [5.41, 5.74) is 8.14. The van der Waals surface area contributed by atoms with Gasteiger partial charge < -0.3 is 19.4 Å². The zero-order valence-corrected chi connectivity index (χ0v) is 20.6. The third kappa shape index (κ3) is 3.50. The number of Topliss-reactive ketones (excluding diaryl/α,β-unsaturated/α-hetero) is 1. The van der Waals surface area contributed by atoms with Gasteiger partial charge in [0.25, 0.3) is 0 Å². The van der Waals surface area contributed by atoms with Crippen molar-refractivity contribution in [2.24, 2.45) is 0 Å². The van der Waals surface area contributed by atoms with E-state index in [1.807, 2.05) is 6.07 Å². The first kappa shape index (κ1) is 22.9. The molecule has 0 radical (unpaired) electrons. The van der Waals surface area contributed by atoms with Gasteiger partial charge in [0.1, 0.15) is 19.1 Å². The van der Waals surface area contributed by atoms with Crippen molar-refractivity contribution in [3.63, 3.8) is 0 Å². The van der Waals surface area contributed by atoms with Gasteiger partial charge in [0.15, 0.2) is 5.78 Å². The summed E-state index contributed by atoms with van der Waals surface area (Å²) in [7, 11) is 1.63. The molecule has 5 rings (SSSR count). The van der Waals surface area contributed by atoms with Crippen molar-refractivity contribution in [3.05, 3.63) is 51.7 Å². The van der Waals surface area contributed by atoms with Crippen LogP contribution in [0.5, 0.6) is 0 Å². The molecule has 2 heterocycles. The zero-order chi connectivity index (χ0) is 24.0. The number of nitriles is 1. The Morgan fingerprint density at radius 3 is 2.82 bits per heavy atom. The molecule has 0 spiro atoms. The number of rotatable bonds is 5. The van der Waals surface area contributed by atoms with Crippen molar-refractivity contribution in [1.29, 1.82) is 5.26 Å². The van der Waals surface area contributed by atoms with Crippen LogP contribution in [-0.2, 0) is 26.1 Å². The average molecular weight is 460 g/mol. The number of methoxy groups -OCH3 is 1. The minimum atomic E-state index is -0.286. The summed E-state index contributed by atoms with van der Waals surface area (Å²) < 4.78 is 11.2. The van der Waals surface area contributed by atoms with Crippen molar-refractivity contribution in [2.45, 2.75) is 70.9 Å². The van der Waals surface area contributed by atoms with Crippen LogP contribution in [0.1, 0.15) is 69.7 Å². The van der Waals surface area contributed by atoms with Gasteiger partial charge in [-0.15, -0.1) is 0 Å². The van der Waals surface area contributed by atoms with Crippen LogP contribution in [0.15, 0.2) is 34.9 Å². The lowest BCUT2D eigenvalue weighted by atomic mass is 9.67. The molecule has 2 aliphatic carbocycles. The second-order valence-corrected chi connectivity index (χ2v) is 10.1. The summed E-state index contributed by atoms with van der Waals surface area (Å²) in [5, 5.41) is 11.2. The molecule has 178 valence electrons. The van der Waals surface area contributed by atoms with Crippen LogP contribution in [0, 0.1) is 11.3 Å². The maximum Gasteiger partial charge on any atom is 0.162 e. The van der Waals surface area contributed by atoms with Gasteiger partial charge in [-0.2, -0.15) is 5.26 Å². The largest absolute Gasteiger partial charge is 0.359 e. The van der Waals surface area contributed by atoms with Gasteiger partial charge in [-0.3, -0.25) is 4.79 Å². The van der Waals surface area contributed by atoms with Crippen LogP contribution in [-0.4, -0.2) is 37.4 Å². The lowest BCUT2D eigenvalue weighted by Crippen LogP contribution is -2.42. The number of fused-ring (bicyclic) bond motifs is 3. The quantitative estimate of drug-likeness (QED) is 0.605. The number of aromatic amines is 1. The third-order valence-corrected chi connectivity index (χ3v) is 7.85. The van der Waals surface area contributed by atoms with Crippen molar-refractivity contribution < 1.29 is 14.3 Å². The minimum Gasteiger partial charge on any atom is -0.359 e. The number of benzene rings is 1. The van der Waals surface area contributed by atoms with Crippen LogP contribution in [0.3, 0.4) is 0 Å². The van der Waals surface area contributed by atoms with Gasteiger partial charge >= 0.3 is 0 Å². The van der Waals surface area contributed by atoms with E-state index in [9.17, 15) is 10.1 Å². The Hall–Kier alpha value is -2.88. The molecule has 34 heavy (non-hydrogen) atoms. The molecular formula is C28H33N3O3. The number of ketones is 1. The van der Waals surface area contributed by atoms with Gasteiger partial charge in [0.05, 0.1) is 16.8 Å². The zero-order valence-electron chi connectivity index (χ0n) is 20.6. The highest BCUT2D eigenvalue weighted by Gasteiger charge is 2.40. The van der Waals surface area contributed by atoms with E-state index in [4.69, 9.17) is 9.47 Å². The normalized spacial score (nSPS) is 21.9. The van der Waals surface area contributed by atoms with Crippen LogP contribution in [0.2, 0.25) is 0 Å². The predicted molar refractivity (Wildman–Crippen MR) is 133 cm³/mol. The van der Waals surface area contributed by atoms with E-state index >= 15 is 0 Å². The molecule has 2 aromatic rings. The number of nitrogens with zero attached hydrogens (tertiary/aromatic N) is 2. The number of anilines is 1. The summed E-state index contributed by atoms with van der Waals surface area (Å²) in [6.07, 6.45) is 7.12. The Morgan fingerprint density at radius 2 is 2.09 bits per heavy atom. The van der Waals surface area contributed by atoms with E-state index in [0.717, 1.165) is 66.5 Å². The highest BCUT2D eigenvalue weighted by molar-refractivity contribution is 6.01. The van der Waals surface area contributed by atoms with Crippen LogP contribution < -0.4 is 4.90 Å². The fourth-order valence-corrected chi connectivity index (χ4v) is 6.07. The van der Waals surface area contributed by atoms with Crippen molar-refractivity contribution in [3.8, 4) is 6.07 Å². The van der Waals surface area contributed by atoms with Crippen LogP contribution >= 0.6 is 0 Å². The smallest absolute Gasteiger partial charge is 0.162 e. The van der Waals surface area contributed by atoms with E-state index in [1.165, 1.54) is 16.7 Å². The van der Waals surface area contributed by atoms with Gasteiger partial charge in [-0.1, -0.05) is 32.9 Å².